The molecule has 0 saturated carbocycles. The van der Waals surface area contributed by atoms with Crippen LogP contribution in [-0.2, 0) is 11.3 Å². The second-order valence-electron chi connectivity index (χ2n) is 5.81. The smallest absolute Gasteiger partial charge is 0.261 e. The van der Waals surface area contributed by atoms with Crippen molar-refractivity contribution in [2.45, 2.75) is 19.6 Å². The van der Waals surface area contributed by atoms with E-state index in [4.69, 9.17) is 27.9 Å². The molecule has 1 heterocycles. The molecule has 26 heavy (non-hydrogen) atoms. The Balaban J connectivity index is 1.54. The topological polar surface area (TPSA) is 43.3 Å². The van der Waals surface area contributed by atoms with E-state index in [-0.39, 0.29) is 5.91 Å². The lowest BCUT2D eigenvalue weighted by Crippen LogP contribution is -2.35. The Kier molecular flexibility index (Phi) is 5.86. The Labute approximate surface area is 162 Å². The molecule has 134 valence electrons. The first kappa shape index (κ1) is 18.4. The van der Waals surface area contributed by atoms with Gasteiger partial charge in [0, 0.05) is 29.6 Å². The minimum Gasteiger partial charge on any atom is -0.479 e. The van der Waals surface area contributed by atoms with Crippen LogP contribution in [0.15, 0.2) is 67.0 Å². The summed E-state index contributed by atoms with van der Waals surface area (Å²) in [6.07, 6.45) is 3.29. The fourth-order valence-electron chi connectivity index (χ4n) is 2.44. The summed E-state index contributed by atoms with van der Waals surface area (Å²) in [5.41, 5.74) is 2.07. The lowest BCUT2D eigenvalue weighted by atomic mass is 10.2. The van der Waals surface area contributed by atoms with Gasteiger partial charge in [0.05, 0.1) is 5.02 Å². The first-order valence-corrected chi connectivity index (χ1v) is 8.90. The van der Waals surface area contributed by atoms with E-state index in [1.807, 2.05) is 53.4 Å². The number of nitrogens with zero attached hydrogens (tertiary/aromatic N) is 1. The number of amides is 1. The van der Waals surface area contributed by atoms with E-state index in [1.54, 1.807) is 25.1 Å². The number of aromatic nitrogens is 1. The van der Waals surface area contributed by atoms with Crippen LogP contribution in [0.4, 0.5) is 0 Å². The zero-order valence-corrected chi connectivity index (χ0v) is 15.7. The van der Waals surface area contributed by atoms with Gasteiger partial charge in [-0.1, -0.05) is 35.3 Å². The first-order chi connectivity index (χ1) is 12.5. The van der Waals surface area contributed by atoms with Crippen LogP contribution < -0.4 is 10.1 Å². The van der Waals surface area contributed by atoms with Crippen molar-refractivity contribution in [1.82, 2.24) is 9.88 Å². The molecule has 0 aliphatic carbocycles. The highest BCUT2D eigenvalue weighted by Crippen LogP contribution is 2.28. The third kappa shape index (κ3) is 4.59. The molecule has 2 aromatic carbocycles. The van der Waals surface area contributed by atoms with Crippen LogP contribution in [0.3, 0.4) is 0 Å². The van der Waals surface area contributed by atoms with E-state index in [9.17, 15) is 4.79 Å². The maximum absolute atomic E-state index is 12.2. The minimum absolute atomic E-state index is 0.217. The van der Waals surface area contributed by atoms with Crippen molar-refractivity contribution in [3.8, 4) is 11.4 Å². The lowest BCUT2D eigenvalue weighted by molar-refractivity contribution is -0.127. The van der Waals surface area contributed by atoms with Crippen LogP contribution in [-0.4, -0.2) is 16.6 Å². The highest BCUT2D eigenvalue weighted by molar-refractivity contribution is 6.35. The van der Waals surface area contributed by atoms with Gasteiger partial charge < -0.3 is 14.6 Å². The molecule has 0 aliphatic heterocycles. The molecule has 3 aromatic rings. The maximum atomic E-state index is 12.2. The number of carbonyl (C=O) groups is 1. The lowest BCUT2D eigenvalue weighted by Gasteiger charge is -2.16. The molecule has 0 radical (unpaired) electrons. The summed E-state index contributed by atoms with van der Waals surface area (Å²) in [5.74, 6) is 0.209. The van der Waals surface area contributed by atoms with E-state index in [2.05, 4.69) is 5.32 Å². The van der Waals surface area contributed by atoms with E-state index in [0.29, 0.717) is 22.3 Å². The van der Waals surface area contributed by atoms with Crippen molar-refractivity contribution in [3.05, 3.63) is 82.6 Å². The number of halogens is 2. The van der Waals surface area contributed by atoms with Crippen LogP contribution in [0.1, 0.15) is 12.5 Å². The molecule has 0 saturated heterocycles. The molecule has 0 spiro atoms. The largest absolute Gasteiger partial charge is 0.479 e. The fourth-order valence-corrected chi connectivity index (χ4v) is 2.89. The zero-order valence-electron chi connectivity index (χ0n) is 14.2. The molecule has 0 unspecified atom stereocenters. The molecule has 0 fully saturated rings. The SMILES string of the molecule is C[C@H](Oc1ccc(Cl)cc1Cl)C(=O)NCc1ccc(-n2cccc2)cc1. The molecular weight excluding hydrogens is 371 g/mol. The first-order valence-electron chi connectivity index (χ1n) is 8.14. The second kappa shape index (κ2) is 8.30. The van der Waals surface area contributed by atoms with Gasteiger partial charge >= 0.3 is 0 Å². The fraction of sp³-hybridized carbons (Fsp3) is 0.150. The third-order valence-electron chi connectivity index (χ3n) is 3.87. The summed E-state index contributed by atoms with van der Waals surface area (Å²) >= 11 is 11.9. The van der Waals surface area contributed by atoms with Gasteiger partial charge in [0.25, 0.3) is 5.91 Å². The van der Waals surface area contributed by atoms with Crippen LogP contribution >= 0.6 is 23.2 Å². The van der Waals surface area contributed by atoms with E-state index in [0.717, 1.165) is 11.3 Å². The number of hydrogen-bond donors (Lipinski definition) is 1. The Bertz CT molecular complexity index is 877. The normalized spacial score (nSPS) is 11.8. The Hall–Kier alpha value is -2.43. The molecular formula is C20H18Cl2N2O2. The third-order valence-corrected chi connectivity index (χ3v) is 4.40. The summed E-state index contributed by atoms with van der Waals surface area (Å²) in [5, 5.41) is 3.75. The van der Waals surface area contributed by atoms with Crippen molar-refractivity contribution in [3.63, 3.8) is 0 Å². The van der Waals surface area contributed by atoms with E-state index < -0.39 is 6.10 Å². The number of ether oxygens (including phenoxy) is 1. The van der Waals surface area contributed by atoms with E-state index >= 15 is 0 Å². The highest BCUT2D eigenvalue weighted by Gasteiger charge is 2.16. The second-order valence-corrected chi connectivity index (χ2v) is 6.65. The van der Waals surface area contributed by atoms with Crippen LogP contribution in [0, 0.1) is 0 Å². The predicted octanol–water partition coefficient (Wildman–Crippen LogP) is 4.87. The molecule has 1 atom stereocenters. The Morgan fingerprint density at radius 1 is 1.12 bits per heavy atom. The molecule has 1 aromatic heterocycles. The molecule has 3 rings (SSSR count). The van der Waals surface area contributed by atoms with Crippen molar-refractivity contribution < 1.29 is 9.53 Å². The molecule has 1 N–H and O–H groups in total. The summed E-state index contributed by atoms with van der Waals surface area (Å²) in [7, 11) is 0. The quantitative estimate of drug-likeness (QED) is 0.654. The van der Waals surface area contributed by atoms with E-state index in [1.165, 1.54) is 0 Å². The predicted molar refractivity (Wildman–Crippen MR) is 104 cm³/mol. The number of nitrogens with one attached hydrogen (secondary N) is 1. The van der Waals surface area contributed by atoms with Crippen molar-refractivity contribution >= 4 is 29.1 Å². The minimum atomic E-state index is -0.673. The summed E-state index contributed by atoms with van der Waals surface area (Å²) in [4.78, 5) is 12.2. The van der Waals surface area contributed by atoms with Gasteiger partial charge in [-0.25, -0.2) is 0 Å². The number of hydrogen-bond acceptors (Lipinski definition) is 2. The van der Waals surface area contributed by atoms with Crippen molar-refractivity contribution in [2.75, 3.05) is 0 Å². The Morgan fingerprint density at radius 2 is 1.81 bits per heavy atom. The van der Waals surface area contributed by atoms with Gasteiger partial charge in [-0.15, -0.1) is 0 Å². The van der Waals surface area contributed by atoms with Gasteiger partial charge in [-0.2, -0.15) is 0 Å². The average molecular weight is 389 g/mol. The van der Waals surface area contributed by atoms with Gasteiger partial charge in [0.2, 0.25) is 0 Å². The number of carbonyl (C=O) groups excluding carboxylic acids is 1. The number of rotatable bonds is 6. The van der Waals surface area contributed by atoms with Gasteiger partial charge in [0.1, 0.15) is 5.75 Å². The van der Waals surface area contributed by atoms with Gasteiger partial charge in [-0.3, -0.25) is 4.79 Å². The van der Waals surface area contributed by atoms with Gasteiger partial charge in [-0.05, 0) is 55.0 Å². The monoisotopic (exact) mass is 388 g/mol. The molecule has 6 heteroatoms. The summed E-state index contributed by atoms with van der Waals surface area (Å²) in [6, 6.07) is 16.8. The van der Waals surface area contributed by atoms with Crippen molar-refractivity contribution in [1.29, 1.82) is 0 Å². The molecule has 0 bridgehead atoms. The maximum Gasteiger partial charge on any atom is 0.261 e. The van der Waals surface area contributed by atoms with Crippen LogP contribution in [0.25, 0.3) is 5.69 Å². The zero-order chi connectivity index (χ0) is 18.5. The van der Waals surface area contributed by atoms with Gasteiger partial charge in [0.15, 0.2) is 6.10 Å². The molecule has 0 aliphatic rings. The summed E-state index contributed by atoms with van der Waals surface area (Å²) < 4.78 is 7.63. The highest BCUT2D eigenvalue weighted by atomic mass is 35.5. The van der Waals surface area contributed by atoms with Crippen molar-refractivity contribution in [2.24, 2.45) is 0 Å². The van der Waals surface area contributed by atoms with Crippen LogP contribution in [0.2, 0.25) is 10.0 Å². The average Bonchev–Trinajstić information content (AvgIpc) is 3.17. The standard InChI is InChI=1S/C20H18Cl2N2O2/c1-14(26-19-9-6-16(21)12-18(19)22)20(25)23-13-15-4-7-17(8-5-15)24-10-2-3-11-24/h2-12,14H,13H2,1H3,(H,23,25)/t14-/m0/s1. The molecule has 1 amide bonds. The number of benzene rings is 2. The molecule has 4 nitrogen and oxygen atoms in total. The summed E-state index contributed by atoms with van der Waals surface area (Å²) in [6.45, 7) is 2.10. The Morgan fingerprint density at radius 3 is 2.46 bits per heavy atom. The van der Waals surface area contributed by atoms with Crippen LogP contribution in [0.5, 0.6) is 5.75 Å².